The molecule has 3 nitrogen and oxygen atoms in total. The van der Waals surface area contributed by atoms with Crippen LogP contribution in [0.3, 0.4) is 0 Å². The fourth-order valence-corrected chi connectivity index (χ4v) is 3.19. The van der Waals surface area contributed by atoms with E-state index in [1.807, 2.05) is 43.3 Å². The Hall–Kier alpha value is -3.05. The zero-order chi connectivity index (χ0) is 19.1. The average molecular weight is 384 g/mol. The van der Waals surface area contributed by atoms with Crippen molar-refractivity contribution < 1.29 is 18.3 Å². The summed E-state index contributed by atoms with van der Waals surface area (Å²) in [5.74, 6) is -3.03. The highest BCUT2D eigenvalue weighted by molar-refractivity contribution is 6.34. The van der Waals surface area contributed by atoms with Crippen molar-refractivity contribution in [3.05, 3.63) is 87.6 Å². The third-order valence-electron chi connectivity index (χ3n) is 4.33. The minimum atomic E-state index is -1.10. The zero-order valence-electron chi connectivity index (χ0n) is 14.1. The summed E-state index contributed by atoms with van der Waals surface area (Å²) in [6, 6.07) is 13.3. The standard InChI is InChI=1S/C21H12ClF2NO2/c1-11-6-7-12(14-5-3-2-4-13(11)14)8-19-21(26)27-20(25-19)15-9-17(23)18(24)10-16(15)22/h2-10H,1H3. The van der Waals surface area contributed by atoms with Crippen molar-refractivity contribution >= 4 is 40.3 Å². The van der Waals surface area contributed by atoms with E-state index in [1.54, 1.807) is 6.08 Å². The van der Waals surface area contributed by atoms with Crippen molar-refractivity contribution in [1.29, 1.82) is 0 Å². The summed E-state index contributed by atoms with van der Waals surface area (Å²) >= 11 is 5.93. The zero-order valence-corrected chi connectivity index (χ0v) is 14.8. The van der Waals surface area contributed by atoms with E-state index in [-0.39, 0.29) is 22.2 Å². The number of ether oxygens (including phenoxy) is 1. The maximum absolute atomic E-state index is 13.5. The smallest absolute Gasteiger partial charge is 0.363 e. The predicted molar refractivity (Wildman–Crippen MR) is 101 cm³/mol. The van der Waals surface area contributed by atoms with Gasteiger partial charge in [0.2, 0.25) is 5.90 Å². The molecule has 1 heterocycles. The normalized spacial score (nSPS) is 15.3. The van der Waals surface area contributed by atoms with Crippen molar-refractivity contribution in [1.82, 2.24) is 0 Å². The lowest BCUT2D eigenvalue weighted by Crippen LogP contribution is -2.07. The Balaban J connectivity index is 1.81. The largest absolute Gasteiger partial charge is 0.402 e. The van der Waals surface area contributed by atoms with Gasteiger partial charge in [-0.1, -0.05) is 48.0 Å². The van der Waals surface area contributed by atoms with Crippen molar-refractivity contribution in [2.45, 2.75) is 6.92 Å². The molecule has 0 aliphatic carbocycles. The van der Waals surface area contributed by atoms with Crippen LogP contribution in [0, 0.1) is 18.6 Å². The Kier molecular flexibility index (Phi) is 4.24. The molecule has 1 aliphatic heterocycles. The Labute approximate surface area is 158 Å². The Morgan fingerprint density at radius 3 is 2.52 bits per heavy atom. The highest BCUT2D eigenvalue weighted by atomic mass is 35.5. The molecule has 0 aromatic heterocycles. The van der Waals surface area contributed by atoms with Crippen molar-refractivity contribution in [3.8, 4) is 0 Å². The van der Waals surface area contributed by atoms with Gasteiger partial charge in [0.1, 0.15) is 0 Å². The van der Waals surface area contributed by atoms with Gasteiger partial charge in [-0.25, -0.2) is 18.6 Å². The molecule has 0 radical (unpaired) electrons. The van der Waals surface area contributed by atoms with Gasteiger partial charge in [-0.15, -0.1) is 0 Å². The number of aryl methyl sites for hydroxylation is 1. The lowest BCUT2D eigenvalue weighted by Gasteiger charge is -2.05. The molecular formula is C21H12ClF2NO2. The molecule has 0 saturated heterocycles. The first kappa shape index (κ1) is 17.4. The minimum Gasteiger partial charge on any atom is -0.402 e. The third-order valence-corrected chi connectivity index (χ3v) is 4.64. The van der Waals surface area contributed by atoms with Gasteiger partial charge in [0.25, 0.3) is 0 Å². The van der Waals surface area contributed by atoms with E-state index in [1.165, 1.54) is 0 Å². The van der Waals surface area contributed by atoms with Crippen molar-refractivity contribution in [2.24, 2.45) is 4.99 Å². The molecule has 1 aliphatic rings. The predicted octanol–water partition coefficient (Wildman–Crippen LogP) is 5.42. The first-order valence-electron chi connectivity index (χ1n) is 8.10. The molecule has 0 N–H and O–H groups in total. The van der Waals surface area contributed by atoms with Gasteiger partial charge in [-0.2, -0.15) is 0 Å². The summed E-state index contributed by atoms with van der Waals surface area (Å²) < 4.78 is 31.9. The molecule has 6 heteroatoms. The maximum atomic E-state index is 13.5. The molecule has 0 bridgehead atoms. The monoisotopic (exact) mass is 383 g/mol. The number of rotatable bonds is 2. The molecule has 3 aromatic rings. The number of aliphatic imine (C=N–C) groups is 1. The molecule has 0 unspecified atom stereocenters. The topological polar surface area (TPSA) is 38.7 Å². The molecule has 4 rings (SSSR count). The lowest BCUT2D eigenvalue weighted by atomic mass is 10.00. The molecule has 3 aromatic carbocycles. The summed E-state index contributed by atoms with van der Waals surface area (Å²) in [5, 5.41) is 1.93. The van der Waals surface area contributed by atoms with Crippen LogP contribution in [0.5, 0.6) is 0 Å². The first-order chi connectivity index (χ1) is 12.9. The second-order valence-corrected chi connectivity index (χ2v) is 6.51. The van der Waals surface area contributed by atoms with E-state index in [0.29, 0.717) is 0 Å². The second-order valence-electron chi connectivity index (χ2n) is 6.10. The first-order valence-corrected chi connectivity index (χ1v) is 8.47. The van der Waals surface area contributed by atoms with Gasteiger partial charge in [-0.05, 0) is 47.0 Å². The van der Waals surface area contributed by atoms with Crippen LogP contribution in [0.2, 0.25) is 5.02 Å². The number of nitrogens with zero attached hydrogens (tertiary/aromatic N) is 1. The van der Waals surface area contributed by atoms with Crippen LogP contribution < -0.4 is 0 Å². The Morgan fingerprint density at radius 1 is 1.04 bits per heavy atom. The summed E-state index contributed by atoms with van der Waals surface area (Å²) in [6.45, 7) is 2.00. The van der Waals surface area contributed by atoms with E-state index in [9.17, 15) is 13.6 Å². The summed E-state index contributed by atoms with van der Waals surface area (Å²) in [5.41, 5.74) is 1.98. The average Bonchev–Trinajstić information content (AvgIpc) is 3.01. The van der Waals surface area contributed by atoms with E-state index in [4.69, 9.17) is 16.3 Å². The highest BCUT2D eigenvalue weighted by Gasteiger charge is 2.27. The van der Waals surface area contributed by atoms with Gasteiger partial charge in [-0.3, -0.25) is 0 Å². The molecule has 0 fully saturated rings. The molecule has 27 heavy (non-hydrogen) atoms. The Morgan fingerprint density at radius 2 is 1.74 bits per heavy atom. The Bertz CT molecular complexity index is 1170. The van der Waals surface area contributed by atoms with E-state index in [2.05, 4.69) is 4.99 Å². The highest BCUT2D eigenvalue weighted by Crippen LogP contribution is 2.28. The molecule has 0 saturated carbocycles. The van der Waals surface area contributed by atoms with Crippen molar-refractivity contribution in [2.75, 3.05) is 0 Å². The van der Waals surface area contributed by atoms with E-state index < -0.39 is 17.6 Å². The molecule has 0 amide bonds. The van der Waals surface area contributed by atoms with E-state index >= 15 is 0 Å². The fourth-order valence-electron chi connectivity index (χ4n) is 2.96. The van der Waals surface area contributed by atoms with Gasteiger partial charge in [0.15, 0.2) is 17.3 Å². The minimum absolute atomic E-state index is 0.0149. The van der Waals surface area contributed by atoms with Gasteiger partial charge in [0, 0.05) is 0 Å². The maximum Gasteiger partial charge on any atom is 0.363 e. The number of halogens is 3. The number of carbonyl (C=O) groups excluding carboxylic acids is 1. The molecular weight excluding hydrogens is 372 g/mol. The quantitative estimate of drug-likeness (QED) is 0.336. The van der Waals surface area contributed by atoms with Crippen LogP contribution in [-0.4, -0.2) is 11.9 Å². The van der Waals surface area contributed by atoms with Crippen LogP contribution in [-0.2, 0) is 9.53 Å². The number of carbonyl (C=O) groups is 1. The lowest BCUT2D eigenvalue weighted by molar-refractivity contribution is -0.129. The summed E-state index contributed by atoms with van der Waals surface area (Å²) in [6.07, 6.45) is 1.60. The van der Waals surface area contributed by atoms with Gasteiger partial charge in [0.05, 0.1) is 10.6 Å². The van der Waals surface area contributed by atoms with Gasteiger partial charge < -0.3 is 4.74 Å². The second kappa shape index (κ2) is 6.59. The molecule has 134 valence electrons. The number of hydrogen-bond donors (Lipinski definition) is 0. The SMILES string of the molecule is Cc1ccc(C=C2N=C(c3cc(F)c(F)cc3Cl)OC2=O)c2ccccc12. The fraction of sp³-hybridized carbons (Fsp3) is 0.0476. The number of fused-ring (bicyclic) bond motifs is 1. The number of cyclic esters (lactones) is 1. The number of benzene rings is 3. The third kappa shape index (κ3) is 3.11. The summed E-state index contributed by atoms with van der Waals surface area (Å²) in [4.78, 5) is 16.3. The van der Waals surface area contributed by atoms with Crippen LogP contribution in [0.1, 0.15) is 16.7 Å². The van der Waals surface area contributed by atoms with Crippen molar-refractivity contribution in [3.63, 3.8) is 0 Å². The molecule has 0 atom stereocenters. The van der Waals surface area contributed by atoms with Crippen LogP contribution in [0.15, 0.2) is 59.2 Å². The van der Waals surface area contributed by atoms with Crippen LogP contribution in [0.4, 0.5) is 8.78 Å². The van der Waals surface area contributed by atoms with Crippen LogP contribution in [0.25, 0.3) is 16.8 Å². The van der Waals surface area contributed by atoms with Crippen LogP contribution >= 0.6 is 11.6 Å². The van der Waals surface area contributed by atoms with Gasteiger partial charge >= 0.3 is 5.97 Å². The molecule has 0 spiro atoms. The summed E-state index contributed by atoms with van der Waals surface area (Å²) in [7, 11) is 0. The van der Waals surface area contributed by atoms with E-state index in [0.717, 1.165) is 34.0 Å². The number of hydrogen-bond acceptors (Lipinski definition) is 3. The number of esters is 1.